The molecule has 1 spiro atoms. The van der Waals surface area contributed by atoms with Gasteiger partial charge in [0.15, 0.2) is 0 Å². The van der Waals surface area contributed by atoms with Crippen molar-refractivity contribution in [2.24, 2.45) is 0 Å². The number of aryl methyl sites for hydroxylation is 1. The van der Waals surface area contributed by atoms with E-state index in [4.69, 9.17) is 4.74 Å². The Labute approximate surface area is 143 Å². The van der Waals surface area contributed by atoms with Gasteiger partial charge in [-0.25, -0.2) is 4.79 Å². The first kappa shape index (κ1) is 15.5. The number of benzene rings is 2. The minimum absolute atomic E-state index is 0.183. The second kappa shape index (κ2) is 5.78. The summed E-state index contributed by atoms with van der Waals surface area (Å²) in [5.41, 5.74) is 2.35. The van der Waals surface area contributed by atoms with Gasteiger partial charge in [0.05, 0.1) is 6.54 Å². The molecule has 126 valence electrons. The van der Waals surface area contributed by atoms with Crippen LogP contribution >= 0.6 is 0 Å². The third-order valence-corrected chi connectivity index (χ3v) is 5.38. The predicted molar refractivity (Wildman–Crippen MR) is 95.0 cm³/mol. The van der Waals surface area contributed by atoms with E-state index < -0.39 is 0 Å². The third kappa shape index (κ3) is 2.65. The summed E-state index contributed by atoms with van der Waals surface area (Å²) >= 11 is 0. The Morgan fingerprint density at radius 3 is 2.71 bits per heavy atom. The zero-order valence-corrected chi connectivity index (χ0v) is 14.4. The molecule has 2 heterocycles. The van der Waals surface area contributed by atoms with Crippen molar-refractivity contribution in [2.75, 3.05) is 26.7 Å². The number of carbonyl (C=O) groups excluding carboxylic acids is 1. The van der Waals surface area contributed by atoms with Crippen molar-refractivity contribution < 1.29 is 9.53 Å². The summed E-state index contributed by atoms with van der Waals surface area (Å²) in [4.78, 5) is 15.9. The molecule has 2 fully saturated rings. The van der Waals surface area contributed by atoms with E-state index in [0.717, 1.165) is 32.5 Å². The fourth-order valence-electron chi connectivity index (χ4n) is 4.24. The van der Waals surface area contributed by atoms with Crippen molar-refractivity contribution in [3.05, 3.63) is 47.5 Å². The molecule has 2 aromatic rings. The first-order chi connectivity index (χ1) is 11.6. The van der Waals surface area contributed by atoms with Crippen molar-refractivity contribution in [3.63, 3.8) is 0 Å². The molecule has 4 heteroatoms. The number of hydrogen-bond acceptors (Lipinski definition) is 3. The molecule has 1 amide bonds. The number of hydrogen-bond donors (Lipinski definition) is 0. The Morgan fingerprint density at radius 2 is 1.92 bits per heavy atom. The van der Waals surface area contributed by atoms with Gasteiger partial charge in [0, 0.05) is 20.1 Å². The number of nitrogens with zero attached hydrogens (tertiary/aromatic N) is 2. The fourth-order valence-corrected chi connectivity index (χ4v) is 4.24. The van der Waals surface area contributed by atoms with E-state index >= 15 is 0 Å². The molecule has 0 aromatic heterocycles. The van der Waals surface area contributed by atoms with Crippen molar-refractivity contribution in [1.82, 2.24) is 9.80 Å². The summed E-state index contributed by atoms with van der Waals surface area (Å²) in [7, 11) is 1.82. The average molecular weight is 324 g/mol. The van der Waals surface area contributed by atoms with Crippen LogP contribution in [0.15, 0.2) is 36.4 Å². The first-order valence-corrected chi connectivity index (χ1v) is 8.70. The van der Waals surface area contributed by atoms with E-state index in [1.165, 1.54) is 21.9 Å². The fraction of sp³-hybridized carbons (Fsp3) is 0.450. The van der Waals surface area contributed by atoms with E-state index in [-0.39, 0.29) is 11.7 Å². The van der Waals surface area contributed by atoms with E-state index in [9.17, 15) is 4.79 Å². The number of ether oxygens (including phenoxy) is 1. The number of fused-ring (bicyclic) bond motifs is 1. The summed E-state index contributed by atoms with van der Waals surface area (Å²) < 4.78 is 5.72. The van der Waals surface area contributed by atoms with Crippen molar-refractivity contribution in [2.45, 2.75) is 31.9 Å². The van der Waals surface area contributed by atoms with Gasteiger partial charge in [-0.3, -0.25) is 4.90 Å². The first-order valence-electron chi connectivity index (χ1n) is 8.70. The molecule has 2 aliphatic rings. The Morgan fingerprint density at radius 1 is 1.12 bits per heavy atom. The third-order valence-electron chi connectivity index (χ3n) is 5.38. The Hall–Kier alpha value is -2.07. The molecule has 0 aliphatic carbocycles. The van der Waals surface area contributed by atoms with Gasteiger partial charge in [-0.15, -0.1) is 0 Å². The molecule has 4 rings (SSSR count). The van der Waals surface area contributed by atoms with Gasteiger partial charge in [-0.1, -0.05) is 36.4 Å². The zero-order chi connectivity index (χ0) is 16.7. The lowest BCUT2D eigenvalue weighted by atomic mass is 9.92. The Bertz CT molecular complexity index is 788. The van der Waals surface area contributed by atoms with Gasteiger partial charge >= 0.3 is 6.09 Å². The maximum Gasteiger partial charge on any atom is 0.410 e. The number of carbonyl (C=O) groups is 1. The van der Waals surface area contributed by atoms with Gasteiger partial charge in [0.1, 0.15) is 5.60 Å². The Balaban J connectivity index is 1.58. The summed E-state index contributed by atoms with van der Waals surface area (Å²) in [5.74, 6) is 0. The summed E-state index contributed by atoms with van der Waals surface area (Å²) in [5, 5.41) is 2.66. The monoisotopic (exact) mass is 324 g/mol. The second-order valence-corrected chi connectivity index (χ2v) is 7.31. The Kier molecular flexibility index (Phi) is 3.72. The molecular formula is C20H24N2O2. The maximum absolute atomic E-state index is 11.8. The van der Waals surface area contributed by atoms with Gasteiger partial charge in [0.25, 0.3) is 0 Å². The number of amides is 1. The molecule has 1 unspecified atom stereocenters. The highest BCUT2D eigenvalue weighted by Gasteiger charge is 2.46. The van der Waals surface area contributed by atoms with Crippen LogP contribution in [0.2, 0.25) is 0 Å². The van der Waals surface area contributed by atoms with Crippen LogP contribution in [0.3, 0.4) is 0 Å². The molecule has 0 bridgehead atoms. The molecule has 0 N–H and O–H groups in total. The van der Waals surface area contributed by atoms with Crippen LogP contribution in [0.25, 0.3) is 10.8 Å². The summed E-state index contributed by atoms with van der Waals surface area (Å²) in [6, 6.07) is 13.1. The number of likely N-dealkylation sites (tertiary alicyclic amines) is 1. The lowest BCUT2D eigenvalue weighted by Gasteiger charge is -2.38. The second-order valence-electron chi connectivity index (χ2n) is 7.31. The van der Waals surface area contributed by atoms with Crippen LogP contribution in [0.4, 0.5) is 4.79 Å². The predicted octanol–water partition coefficient (Wildman–Crippen LogP) is 3.56. The smallest absolute Gasteiger partial charge is 0.410 e. The summed E-state index contributed by atoms with van der Waals surface area (Å²) in [6.45, 7) is 5.66. The van der Waals surface area contributed by atoms with Crippen molar-refractivity contribution in [3.8, 4) is 0 Å². The number of rotatable bonds is 2. The molecule has 1 atom stereocenters. The molecule has 2 aliphatic heterocycles. The lowest BCUT2D eigenvalue weighted by Crippen LogP contribution is -2.50. The largest absolute Gasteiger partial charge is 0.440 e. The quantitative estimate of drug-likeness (QED) is 0.847. The topological polar surface area (TPSA) is 32.8 Å². The van der Waals surface area contributed by atoms with E-state index in [1.54, 1.807) is 4.90 Å². The van der Waals surface area contributed by atoms with Gasteiger partial charge in [0.2, 0.25) is 0 Å². The van der Waals surface area contributed by atoms with Crippen LogP contribution in [0.5, 0.6) is 0 Å². The molecule has 2 saturated heterocycles. The molecule has 24 heavy (non-hydrogen) atoms. The number of likely N-dealkylation sites (N-methyl/N-ethyl adjacent to an activating group) is 1. The number of piperidine rings is 1. The van der Waals surface area contributed by atoms with Crippen LogP contribution < -0.4 is 0 Å². The highest BCUT2D eigenvalue weighted by molar-refractivity contribution is 5.88. The van der Waals surface area contributed by atoms with Crippen LogP contribution in [-0.4, -0.2) is 48.2 Å². The standard InChI is InChI=1S/C20H24N2O2/c1-15-6-3-9-18-16(7-4-8-17(15)18)12-22-11-5-10-20(14-22)13-21(2)19(23)24-20/h3-4,6-9H,5,10-14H2,1-2H3. The van der Waals surface area contributed by atoms with Crippen molar-refractivity contribution in [1.29, 1.82) is 0 Å². The minimum atomic E-state index is -0.315. The van der Waals surface area contributed by atoms with E-state index in [2.05, 4.69) is 48.2 Å². The minimum Gasteiger partial charge on any atom is -0.440 e. The van der Waals surface area contributed by atoms with E-state index in [1.807, 2.05) is 7.05 Å². The molecule has 2 aromatic carbocycles. The molecule has 0 radical (unpaired) electrons. The van der Waals surface area contributed by atoms with Crippen LogP contribution in [-0.2, 0) is 11.3 Å². The lowest BCUT2D eigenvalue weighted by molar-refractivity contribution is -0.0112. The normalized spacial score (nSPS) is 24.8. The van der Waals surface area contributed by atoms with Crippen LogP contribution in [0.1, 0.15) is 24.0 Å². The zero-order valence-electron chi connectivity index (χ0n) is 14.4. The molecule has 0 saturated carbocycles. The molecule has 4 nitrogen and oxygen atoms in total. The van der Waals surface area contributed by atoms with Crippen molar-refractivity contribution >= 4 is 16.9 Å². The highest BCUT2D eigenvalue weighted by atomic mass is 16.6. The van der Waals surface area contributed by atoms with Gasteiger partial charge in [-0.05, 0) is 48.2 Å². The highest BCUT2D eigenvalue weighted by Crippen LogP contribution is 2.32. The summed E-state index contributed by atoms with van der Waals surface area (Å²) in [6.07, 6.45) is 1.86. The maximum atomic E-state index is 11.8. The molecular weight excluding hydrogens is 300 g/mol. The SMILES string of the molecule is Cc1cccc2c(CN3CCCC4(C3)CN(C)C(=O)O4)cccc12. The average Bonchev–Trinajstić information content (AvgIpc) is 2.82. The van der Waals surface area contributed by atoms with E-state index in [0.29, 0.717) is 6.54 Å². The van der Waals surface area contributed by atoms with Gasteiger partial charge < -0.3 is 9.64 Å². The van der Waals surface area contributed by atoms with Crippen LogP contribution in [0, 0.1) is 6.92 Å². The van der Waals surface area contributed by atoms with Gasteiger partial charge in [-0.2, -0.15) is 0 Å².